The first-order valence-corrected chi connectivity index (χ1v) is 21.3. The van der Waals surface area contributed by atoms with Crippen molar-refractivity contribution in [2.75, 3.05) is 4.90 Å². The number of hydrogen-bond donors (Lipinski definition) is 0. The summed E-state index contributed by atoms with van der Waals surface area (Å²) in [5, 5.41) is 2.52. The Morgan fingerprint density at radius 1 is 0.274 bits per heavy atom. The summed E-state index contributed by atoms with van der Waals surface area (Å²) in [4.78, 5) is 2.43. The fraction of sp³-hybridized carbons (Fsp3) is 0. The average molecular weight is 791 g/mol. The molecule has 0 saturated heterocycles. The van der Waals surface area contributed by atoms with Crippen molar-refractivity contribution in [3.8, 4) is 61.3 Å². The molecule has 11 rings (SSSR count). The largest absolute Gasteiger partial charge is 0.310 e. The number of benzene rings is 10. The third-order valence-electron chi connectivity index (χ3n) is 12.0. The molecule has 0 aliphatic heterocycles. The Kier molecular flexibility index (Phi) is 9.57. The van der Waals surface area contributed by atoms with Crippen molar-refractivity contribution >= 4 is 38.9 Å². The molecule has 1 aromatic heterocycles. The summed E-state index contributed by atoms with van der Waals surface area (Å²) in [7, 11) is 0. The van der Waals surface area contributed by atoms with E-state index >= 15 is 0 Å². The van der Waals surface area contributed by atoms with E-state index in [1.807, 2.05) is 0 Å². The quantitative estimate of drug-likeness (QED) is 0.141. The first-order chi connectivity index (χ1) is 30.8. The number of rotatable bonds is 9. The Bertz CT molecular complexity index is 3260. The maximum absolute atomic E-state index is 2.43. The molecule has 0 aliphatic carbocycles. The minimum Gasteiger partial charge on any atom is -0.310 e. The van der Waals surface area contributed by atoms with Crippen molar-refractivity contribution in [3.63, 3.8) is 0 Å². The Hall–Kier alpha value is -8.20. The molecule has 62 heavy (non-hydrogen) atoms. The van der Waals surface area contributed by atoms with E-state index in [4.69, 9.17) is 0 Å². The van der Waals surface area contributed by atoms with Gasteiger partial charge in [-0.2, -0.15) is 0 Å². The van der Waals surface area contributed by atoms with Gasteiger partial charge in [0, 0.05) is 33.4 Å². The zero-order chi connectivity index (χ0) is 41.2. The van der Waals surface area contributed by atoms with E-state index in [0.29, 0.717) is 0 Å². The standard InChI is InChI=1S/C60H42N2/c1-4-18-43(19-5-1)44-34-38-49(39-35-44)61(59-33-17-30-53(47-22-8-3-9-23-47)60(59)56-29-11-10-26-52(56)46-20-6-2-7-21-46)50-40-36-45(37-41-50)48-24-16-25-51(42-48)62-57-31-14-12-27-54(57)55-28-13-15-32-58(55)62/h1-42H. The van der Waals surface area contributed by atoms with Crippen LogP contribution in [0.1, 0.15) is 0 Å². The van der Waals surface area contributed by atoms with Crippen LogP contribution in [0, 0.1) is 0 Å². The second kappa shape index (κ2) is 16.1. The van der Waals surface area contributed by atoms with Gasteiger partial charge >= 0.3 is 0 Å². The van der Waals surface area contributed by atoms with Crippen LogP contribution in [0.25, 0.3) is 83.1 Å². The topological polar surface area (TPSA) is 8.17 Å². The van der Waals surface area contributed by atoms with E-state index in [-0.39, 0.29) is 0 Å². The monoisotopic (exact) mass is 790 g/mol. The van der Waals surface area contributed by atoms with E-state index in [1.54, 1.807) is 0 Å². The van der Waals surface area contributed by atoms with Crippen LogP contribution >= 0.6 is 0 Å². The van der Waals surface area contributed by atoms with Crippen LogP contribution in [0.15, 0.2) is 255 Å². The highest BCUT2D eigenvalue weighted by Gasteiger charge is 2.23. The molecule has 0 fully saturated rings. The summed E-state index contributed by atoms with van der Waals surface area (Å²) in [6, 6.07) is 92.1. The smallest absolute Gasteiger partial charge is 0.0546 e. The highest BCUT2D eigenvalue weighted by atomic mass is 15.1. The third kappa shape index (κ3) is 6.74. The van der Waals surface area contributed by atoms with Crippen molar-refractivity contribution in [2.45, 2.75) is 0 Å². The fourth-order valence-electron chi connectivity index (χ4n) is 9.13. The van der Waals surface area contributed by atoms with Gasteiger partial charge in [-0.3, -0.25) is 0 Å². The molecule has 0 radical (unpaired) electrons. The maximum atomic E-state index is 2.43. The van der Waals surface area contributed by atoms with Gasteiger partial charge in [-0.25, -0.2) is 0 Å². The number of para-hydroxylation sites is 2. The van der Waals surface area contributed by atoms with Gasteiger partial charge in [-0.1, -0.05) is 200 Å². The molecule has 292 valence electrons. The predicted octanol–water partition coefficient (Wildman–Crippen LogP) is 16.6. The number of hydrogen-bond acceptors (Lipinski definition) is 1. The lowest BCUT2D eigenvalue weighted by atomic mass is 9.87. The second-order valence-corrected chi connectivity index (χ2v) is 15.7. The van der Waals surface area contributed by atoms with Crippen molar-refractivity contribution in [1.82, 2.24) is 4.57 Å². The molecule has 0 amide bonds. The maximum Gasteiger partial charge on any atom is 0.0546 e. The first-order valence-electron chi connectivity index (χ1n) is 21.3. The van der Waals surface area contributed by atoms with Gasteiger partial charge in [0.25, 0.3) is 0 Å². The average Bonchev–Trinajstić information content (AvgIpc) is 3.70. The third-order valence-corrected chi connectivity index (χ3v) is 12.0. The molecule has 0 saturated carbocycles. The van der Waals surface area contributed by atoms with Crippen molar-refractivity contribution in [3.05, 3.63) is 255 Å². The number of aromatic nitrogens is 1. The van der Waals surface area contributed by atoms with E-state index in [2.05, 4.69) is 264 Å². The zero-order valence-electron chi connectivity index (χ0n) is 34.1. The van der Waals surface area contributed by atoms with Gasteiger partial charge in [0.05, 0.1) is 16.7 Å². The minimum atomic E-state index is 1.07. The highest BCUT2D eigenvalue weighted by molar-refractivity contribution is 6.09. The van der Waals surface area contributed by atoms with Gasteiger partial charge in [0.15, 0.2) is 0 Å². The highest BCUT2D eigenvalue weighted by Crippen LogP contribution is 2.48. The minimum absolute atomic E-state index is 1.07. The molecule has 2 heteroatoms. The van der Waals surface area contributed by atoms with Crippen LogP contribution in [0.3, 0.4) is 0 Å². The lowest BCUT2D eigenvalue weighted by Gasteiger charge is -2.30. The summed E-state index contributed by atoms with van der Waals surface area (Å²) in [6.45, 7) is 0. The van der Waals surface area contributed by atoms with E-state index in [0.717, 1.165) is 28.3 Å². The molecule has 11 aromatic rings. The molecule has 0 bridgehead atoms. The Balaban J connectivity index is 1.08. The summed E-state index contributed by atoms with van der Waals surface area (Å²) < 4.78 is 2.39. The number of anilines is 3. The number of nitrogens with zero attached hydrogens (tertiary/aromatic N) is 2. The molecule has 0 unspecified atom stereocenters. The van der Waals surface area contributed by atoms with Gasteiger partial charge in [0.1, 0.15) is 0 Å². The lowest BCUT2D eigenvalue weighted by Crippen LogP contribution is -2.12. The fourth-order valence-corrected chi connectivity index (χ4v) is 9.13. The SMILES string of the molecule is c1ccc(-c2ccc(N(c3ccc(-c4cccc(-n5c6ccccc6c6ccccc65)c4)cc3)c3cccc(-c4ccccc4)c3-c3ccccc3-c3ccccc3)cc2)cc1. The van der Waals surface area contributed by atoms with Gasteiger partial charge in [0.2, 0.25) is 0 Å². The normalized spacial score (nSPS) is 11.2. The van der Waals surface area contributed by atoms with Gasteiger partial charge in [-0.05, 0) is 105 Å². The Morgan fingerprint density at radius 2 is 0.694 bits per heavy atom. The molecule has 1 heterocycles. The molecular weight excluding hydrogens is 749 g/mol. The van der Waals surface area contributed by atoms with E-state index < -0.39 is 0 Å². The van der Waals surface area contributed by atoms with Crippen LogP contribution in [-0.4, -0.2) is 4.57 Å². The van der Waals surface area contributed by atoms with Crippen LogP contribution in [-0.2, 0) is 0 Å². The van der Waals surface area contributed by atoms with Gasteiger partial charge in [-0.15, -0.1) is 0 Å². The van der Waals surface area contributed by atoms with Crippen LogP contribution < -0.4 is 4.90 Å². The van der Waals surface area contributed by atoms with Crippen molar-refractivity contribution < 1.29 is 0 Å². The van der Waals surface area contributed by atoms with Crippen molar-refractivity contribution in [2.24, 2.45) is 0 Å². The number of fused-ring (bicyclic) bond motifs is 3. The van der Waals surface area contributed by atoms with Crippen molar-refractivity contribution in [1.29, 1.82) is 0 Å². The lowest BCUT2D eigenvalue weighted by molar-refractivity contribution is 1.18. The molecule has 0 atom stereocenters. The molecule has 0 N–H and O–H groups in total. The summed E-state index contributed by atoms with van der Waals surface area (Å²) in [5.74, 6) is 0. The first kappa shape index (κ1) is 36.8. The van der Waals surface area contributed by atoms with Crippen LogP contribution in [0.5, 0.6) is 0 Å². The summed E-state index contributed by atoms with van der Waals surface area (Å²) in [6.07, 6.45) is 0. The van der Waals surface area contributed by atoms with Gasteiger partial charge < -0.3 is 9.47 Å². The Labute approximate surface area is 362 Å². The molecular formula is C60H42N2. The zero-order valence-corrected chi connectivity index (χ0v) is 34.1. The van der Waals surface area contributed by atoms with E-state index in [1.165, 1.54) is 71.9 Å². The Morgan fingerprint density at radius 3 is 1.29 bits per heavy atom. The van der Waals surface area contributed by atoms with Crippen LogP contribution in [0.4, 0.5) is 17.1 Å². The second-order valence-electron chi connectivity index (χ2n) is 15.7. The van der Waals surface area contributed by atoms with Crippen LogP contribution in [0.2, 0.25) is 0 Å². The molecule has 2 nitrogen and oxygen atoms in total. The molecule has 10 aromatic carbocycles. The molecule has 0 aliphatic rings. The molecule has 0 spiro atoms. The van der Waals surface area contributed by atoms with E-state index in [9.17, 15) is 0 Å². The predicted molar refractivity (Wildman–Crippen MR) is 263 cm³/mol. The summed E-state index contributed by atoms with van der Waals surface area (Å²) in [5.41, 5.74) is 18.6. The summed E-state index contributed by atoms with van der Waals surface area (Å²) >= 11 is 0.